The summed E-state index contributed by atoms with van der Waals surface area (Å²) in [6, 6.07) is 2.32. The molecule has 0 saturated carbocycles. The highest BCUT2D eigenvalue weighted by Crippen LogP contribution is 2.30. The van der Waals surface area contributed by atoms with Crippen LogP contribution in [0.3, 0.4) is 0 Å². The summed E-state index contributed by atoms with van der Waals surface area (Å²) in [4.78, 5) is 4.07. The van der Waals surface area contributed by atoms with Gasteiger partial charge in [-0.15, -0.1) is 0 Å². The van der Waals surface area contributed by atoms with E-state index >= 15 is 0 Å². The second-order valence-electron chi connectivity index (χ2n) is 4.67. The first-order valence-corrected chi connectivity index (χ1v) is 6.59. The summed E-state index contributed by atoms with van der Waals surface area (Å²) in [6.45, 7) is 3.54. The Balaban J connectivity index is 2.56. The quantitative estimate of drug-likeness (QED) is 0.920. The van der Waals surface area contributed by atoms with Crippen LogP contribution < -0.4 is 4.74 Å². The van der Waals surface area contributed by atoms with Crippen molar-refractivity contribution in [2.24, 2.45) is 0 Å². The number of hydrogen-bond acceptors (Lipinski definition) is 4. The smallest absolute Gasteiger partial charge is 0.178 e. The molecule has 0 saturated heterocycles. The van der Waals surface area contributed by atoms with Crippen molar-refractivity contribution < 1.29 is 18.6 Å². The Kier molecular flexibility index (Phi) is 4.52. The minimum atomic E-state index is -0.836. The molecule has 1 aromatic carbocycles. The minimum Gasteiger partial charge on any atom is -0.494 e. The van der Waals surface area contributed by atoms with Gasteiger partial charge in [0.25, 0.3) is 0 Å². The van der Waals surface area contributed by atoms with Crippen molar-refractivity contribution in [1.29, 1.82) is 0 Å². The van der Waals surface area contributed by atoms with Gasteiger partial charge in [0.1, 0.15) is 11.6 Å². The number of halogens is 2. The van der Waals surface area contributed by atoms with Gasteiger partial charge < -0.3 is 9.84 Å². The van der Waals surface area contributed by atoms with E-state index in [0.717, 1.165) is 6.07 Å². The van der Waals surface area contributed by atoms with E-state index in [-0.39, 0.29) is 23.7 Å². The fourth-order valence-electron chi connectivity index (χ4n) is 1.99. The molecule has 0 unspecified atom stereocenters. The van der Waals surface area contributed by atoms with E-state index in [1.165, 1.54) is 17.9 Å². The van der Waals surface area contributed by atoms with Gasteiger partial charge in [-0.25, -0.2) is 18.4 Å². The maximum Gasteiger partial charge on any atom is 0.178 e. The Hall–Kier alpha value is -2.02. The third-order valence-electron chi connectivity index (χ3n) is 3.13. The molecule has 0 spiro atoms. The highest BCUT2D eigenvalue weighted by molar-refractivity contribution is 5.60. The van der Waals surface area contributed by atoms with E-state index < -0.39 is 17.7 Å². The van der Waals surface area contributed by atoms with Crippen LogP contribution in [0.4, 0.5) is 8.78 Å². The number of aliphatic hydroxyl groups excluding tert-OH is 1. The third-order valence-corrected chi connectivity index (χ3v) is 3.13. The zero-order valence-electron chi connectivity index (χ0n) is 12.1. The van der Waals surface area contributed by atoms with Gasteiger partial charge in [0, 0.05) is 0 Å². The van der Waals surface area contributed by atoms with Crippen molar-refractivity contribution in [3.63, 3.8) is 0 Å². The third kappa shape index (κ3) is 3.02. The molecule has 2 aromatic rings. The van der Waals surface area contributed by atoms with E-state index in [4.69, 9.17) is 4.74 Å². The summed E-state index contributed by atoms with van der Waals surface area (Å²) in [5.41, 5.74) is -0.307. The first kappa shape index (κ1) is 15.4. The van der Waals surface area contributed by atoms with Crippen LogP contribution in [0.5, 0.6) is 5.75 Å². The zero-order chi connectivity index (χ0) is 15.6. The predicted molar refractivity (Wildman–Crippen MR) is 73.0 cm³/mol. The Bertz CT molecular complexity index is 643. The molecule has 1 aromatic heterocycles. The number of methoxy groups -OCH3 is 1. The summed E-state index contributed by atoms with van der Waals surface area (Å²) < 4.78 is 34.5. The molecule has 1 N–H and O–H groups in total. The second-order valence-corrected chi connectivity index (χ2v) is 4.67. The van der Waals surface area contributed by atoms with Crippen LogP contribution in [0.25, 0.3) is 11.4 Å². The van der Waals surface area contributed by atoms with Crippen molar-refractivity contribution >= 4 is 0 Å². The number of rotatable bonds is 5. The molecular weight excluding hydrogens is 280 g/mol. The predicted octanol–water partition coefficient (Wildman–Crippen LogP) is 2.31. The highest BCUT2D eigenvalue weighted by atomic mass is 19.1. The Morgan fingerprint density at radius 1 is 1.38 bits per heavy atom. The molecule has 114 valence electrons. The maximum atomic E-state index is 14.3. The van der Waals surface area contributed by atoms with E-state index in [1.807, 2.05) is 0 Å². The lowest BCUT2D eigenvalue weighted by atomic mass is 10.1. The monoisotopic (exact) mass is 297 g/mol. The molecule has 0 aliphatic heterocycles. The van der Waals surface area contributed by atoms with Gasteiger partial charge in [0.2, 0.25) is 0 Å². The highest BCUT2D eigenvalue weighted by Gasteiger charge is 2.22. The Morgan fingerprint density at radius 3 is 2.71 bits per heavy atom. The van der Waals surface area contributed by atoms with Gasteiger partial charge in [-0.3, -0.25) is 0 Å². The number of aromatic nitrogens is 3. The maximum absolute atomic E-state index is 14.3. The average Bonchev–Trinajstić information content (AvgIpc) is 2.79. The van der Waals surface area contributed by atoms with Crippen molar-refractivity contribution in [3.8, 4) is 17.1 Å². The van der Waals surface area contributed by atoms with E-state index in [0.29, 0.717) is 12.2 Å². The first-order chi connectivity index (χ1) is 9.97. The number of hydrogen-bond donors (Lipinski definition) is 1. The van der Waals surface area contributed by atoms with Gasteiger partial charge in [-0.2, -0.15) is 5.10 Å². The molecule has 5 nitrogen and oxygen atoms in total. The van der Waals surface area contributed by atoms with E-state index in [9.17, 15) is 13.9 Å². The van der Waals surface area contributed by atoms with Crippen LogP contribution >= 0.6 is 0 Å². The van der Waals surface area contributed by atoms with Crippen LogP contribution in [0.1, 0.15) is 19.2 Å². The average molecular weight is 297 g/mol. The fraction of sp³-hybridized carbons (Fsp3) is 0.429. The molecule has 2 rings (SSSR count). The number of aryl methyl sites for hydroxylation is 1. The van der Waals surface area contributed by atoms with Crippen LogP contribution in [-0.4, -0.2) is 33.1 Å². The second kappa shape index (κ2) is 6.17. The largest absolute Gasteiger partial charge is 0.494 e. The van der Waals surface area contributed by atoms with Crippen molar-refractivity contribution in [1.82, 2.24) is 14.8 Å². The normalized spacial score (nSPS) is 12.5. The van der Waals surface area contributed by atoms with Gasteiger partial charge in [0.05, 0.1) is 25.3 Å². The summed E-state index contributed by atoms with van der Waals surface area (Å²) in [7, 11) is 1.30. The van der Waals surface area contributed by atoms with Crippen molar-refractivity contribution in [2.75, 3.05) is 7.11 Å². The fourth-order valence-corrected chi connectivity index (χ4v) is 1.99. The molecule has 0 aliphatic rings. The molecule has 1 atom stereocenters. The number of nitrogens with zero attached hydrogens (tertiary/aromatic N) is 3. The minimum absolute atomic E-state index is 0.0360. The molecule has 7 heteroatoms. The molecule has 0 amide bonds. The van der Waals surface area contributed by atoms with Crippen LogP contribution in [0.15, 0.2) is 12.1 Å². The number of ether oxygens (including phenoxy) is 1. The van der Waals surface area contributed by atoms with Gasteiger partial charge in [0.15, 0.2) is 17.4 Å². The molecule has 0 aliphatic carbocycles. The Labute approximate surface area is 121 Å². The Morgan fingerprint density at radius 2 is 2.10 bits per heavy atom. The summed E-state index contributed by atoms with van der Waals surface area (Å²) in [6.07, 6.45) is -0.164. The molecule has 0 radical (unpaired) electrons. The summed E-state index contributed by atoms with van der Waals surface area (Å²) in [5.74, 6) is -1.26. The van der Waals surface area contributed by atoms with Crippen LogP contribution in [0.2, 0.25) is 0 Å². The van der Waals surface area contributed by atoms with Gasteiger partial charge in [-0.05, 0) is 25.5 Å². The molecular formula is C14H17F2N3O2. The van der Waals surface area contributed by atoms with Crippen molar-refractivity contribution in [2.45, 2.75) is 32.9 Å². The van der Waals surface area contributed by atoms with Gasteiger partial charge >= 0.3 is 0 Å². The molecule has 21 heavy (non-hydrogen) atoms. The first-order valence-electron chi connectivity index (χ1n) is 6.59. The number of aliphatic hydroxyl groups is 1. The van der Waals surface area contributed by atoms with Crippen LogP contribution in [0, 0.1) is 18.6 Å². The summed E-state index contributed by atoms with van der Waals surface area (Å²) in [5, 5.41) is 13.8. The standard InChI is InChI=1S/C14H17F2N3O2/c1-4-9(20)7-19-14(17-8(2)18-19)12-10(15)5-6-11(21-3)13(12)16/h5-6,9,20H,4,7H2,1-3H3/t9-/m0/s1. The topological polar surface area (TPSA) is 60.2 Å². The summed E-state index contributed by atoms with van der Waals surface area (Å²) >= 11 is 0. The molecule has 0 fully saturated rings. The van der Waals surface area contributed by atoms with E-state index in [2.05, 4.69) is 10.1 Å². The van der Waals surface area contributed by atoms with Gasteiger partial charge in [-0.1, -0.05) is 6.92 Å². The molecule has 0 bridgehead atoms. The SMILES string of the molecule is CC[C@H](O)Cn1nc(C)nc1-c1c(F)ccc(OC)c1F. The lowest BCUT2D eigenvalue weighted by Gasteiger charge is -2.12. The zero-order valence-corrected chi connectivity index (χ0v) is 12.1. The van der Waals surface area contributed by atoms with E-state index in [1.54, 1.807) is 13.8 Å². The lowest BCUT2D eigenvalue weighted by molar-refractivity contribution is 0.145. The van der Waals surface area contributed by atoms with Crippen molar-refractivity contribution in [3.05, 3.63) is 29.6 Å². The molecule has 1 heterocycles. The van der Waals surface area contributed by atoms with Crippen LogP contribution in [-0.2, 0) is 6.54 Å². The lowest BCUT2D eigenvalue weighted by Crippen LogP contribution is -2.17. The number of benzene rings is 1.